The number of thiophene rings is 1. The van der Waals surface area contributed by atoms with Crippen LogP contribution in [0, 0.1) is 0 Å². The van der Waals surface area contributed by atoms with Crippen LogP contribution in [0.25, 0.3) is 0 Å². The van der Waals surface area contributed by atoms with Gasteiger partial charge in [0.15, 0.2) is 0 Å². The maximum Gasteiger partial charge on any atom is 0.0915 e. The maximum atomic E-state index is 10.3. The number of aliphatic hydroxyl groups excluding tert-OH is 1. The van der Waals surface area contributed by atoms with Gasteiger partial charge in [0.2, 0.25) is 0 Å². The Balaban J connectivity index is 2.01. The fourth-order valence-electron chi connectivity index (χ4n) is 2.08. The standard InChI is InChI=1S/C12H17BrO2S/c1-12(5-2-3-6-15-12)11(14)8-10-9(13)4-7-16-10/h4,7,11,14H,2-3,5-6,8H2,1H3. The molecule has 0 amide bonds. The lowest BCUT2D eigenvalue weighted by atomic mass is 9.88. The van der Waals surface area contributed by atoms with E-state index in [0.717, 1.165) is 30.3 Å². The highest BCUT2D eigenvalue weighted by atomic mass is 79.9. The van der Waals surface area contributed by atoms with Crippen LogP contribution < -0.4 is 0 Å². The molecular formula is C12H17BrO2S. The zero-order valence-electron chi connectivity index (χ0n) is 9.41. The van der Waals surface area contributed by atoms with E-state index < -0.39 is 6.10 Å². The van der Waals surface area contributed by atoms with Gasteiger partial charge >= 0.3 is 0 Å². The Morgan fingerprint density at radius 2 is 2.44 bits per heavy atom. The molecule has 1 aliphatic rings. The van der Waals surface area contributed by atoms with E-state index in [9.17, 15) is 5.11 Å². The highest BCUT2D eigenvalue weighted by Gasteiger charge is 2.36. The largest absolute Gasteiger partial charge is 0.390 e. The molecule has 0 aliphatic carbocycles. The number of ether oxygens (including phenoxy) is 1. The molecule has 2 rings (SSSR count). The third-order valence-electron chi connectivity index (χ3n) is 3.27. The summed E-state index contributed by atoms with van der Waals surface area (Å²) in [6.07, 6.45) is 3.48. The van der Waals surface area contributed by atoms with Crippen molar-refractivity contribution in [3.8, 4) is 0 Å². The van der Waals surface area contributed by atoms with Gasteiger partial charge in [-0.05, 0) is 53.6 Å². The zero-order chi connectivity index (χ0) is 11.6. The van der Waals surface area contributed by atoms with E-state index in [1.54, 1.807) is 11.3 Å². The average molecular weight is 305 g/mol. The van der Waals surface area contributed by atoms with Crippen LogP contribution in [0.4, 0.5) is 0 Å². The molecule has 2 atom stereocenters. The molecule has 2 unspecified atom stereocenters. The third-order valence-corrected chi connectivity index (χ3v) is 5.22. The molecule has 1 saturated heterocycles. The lowest BCUT2D eigenvalue weighted by Crippen LogP contribution is -2.45. The number of hydrogen-bond acceptors (Lipinski definition) is 3. The normalized spacial score (nSPS) is 27.9. The number of hydrogen-bond donors (Lipinski definition) is 1. The van der Waals surface area contributed by atoms with Gasteiger partial charge in [0.05, 0.1) is 11.7 Å². The SMILES string of the molecule is CC1(C(O)Cc2sccc2Br)CCCCO1. The first-order chi connectivity index (χ1) is 7.62. The summed E-state index contributed by atoms with van der Waals surface area (Å²) in [4.78, 5) is 1.20. The first-order valence-corrected chi connectivity index (χ1v) is 7.33. The lowest BCUT2D eigenvalue weighted by molar-refractivity contribution is -0.135. The Kier molecular flexibility index (Phi) is 4.06. The van der Waals surface area contributed by atoms with Crippen molar-refractivity contribution >= 4 is 27.3 Å². The molecule has 2 heterocycles. The monoisotopic (exact) mass is 304 g/mol. The van der Waals surface area contributed by atoms with Gasteiger partial charge in [0.1, 0.15) is 0 Å². The van der Waals surface area contributed by atoms with Crippen molar-refractivity contribution in [3.63, 3.8) is 0 Å². The fourth-order valence-corrected chi connectivity index (χ4v) is 3.63. The summed E-state index contributed by atoms with van der Waals surface area (Å²) in [5, 5.41) is 12.3. The Bertz CT molecular complexity index is 345. The first-order valence-electron chi connectivity index (χ1n) is 5.66. The van der Waals surface area contributed by atoms with Crippen LogP contribution in [0.15, 0.2) is 15.9 Å². The lowest BCUT2D eigenvalue weighted by Gasteiger charge is -2.37. The molecule has 0 aromatic carbocycles. The molecule has 0 saturated carbocycles. The van der Waals surface area contributed by atoms with Gasteiger partial charge in [-0.25, -0.2) is 0 Å². The second-order valence-corrected chi connectivity index (χ2v) is 6.38. The van der Waals surface area contributed by atoms with Crippen molar-refractivity contribution in [1.82, 2.24) is 0 Å². The minimum absolute atomic E-state index is 0.359. The third kappa shape index (κ3) is 2.67. The summed E-state index contributed by atoms with van der Waals surface area (Å²) in [6.45, 7) is 2.80. The highest BCUT2D eigenvalue weighted by Crippen LogP contribution is 2.32. The van der Waals surface area contributed by atoms with Crippen molar-refractivity contribution in [2.45, 2.75) is 44.3 Å². The van der Waals surface area contributed by atoms with Crippen LogP contribution in [0.5, 0.6) is 0 Å². The summed E-state index contributed by atoms with van der Waals surface area (Å²) in [6, 6.07) is 2.02. The Morgan fingerprint density at radius 3 is 3.00 bits per heavy atom. The molecule has 0 spiro atoms. The molecule has 1 aromatic rings. The quantitative estimate of drug-likeness (QED) is 0.928. The van der Waals surface area contributed by atoms with E-state index in [1.807, 2.05) is 18.4 Å². The topological polar surface area (TPSA) is 29.5 Å². The van der Waals surface area contributed by atoms with Gasteiger partial charge in [-0.2, -0.15) is 0 Å². The van der Waals surface area contributed by atoms with Gasteiger partial charge in [0.25, 0.3) is 0 Å². The molecule has 2 nitrogen and oxygen atoms in total. The molecule has 0 bridgehead atoms. The Hall–Kier alpha value is 0.1000. The molecule has 1 N–H and O–H groups in total. The van der Waals surface area contributed by atoms with Gasteiger partial charge in [-0.1, -0.05) is 0 Å². The molecule has 16 heavy (non-hydrogen) atoms. The van der Waals surface area contributed by atoms with Crippen LogP contribution in [0.2, 0.25) is 0 Å². The maximum absolute atomic E-state index is 10.3. The van der Waals surface area contributed by atoms with Crippen molar-refractivity contribution in [3.05, 3.63) is 20.8 Å². The van der Waals surface area contributed by atoms with Crippen LogP contribution in [-0.4, -0.2) is 23.4 Å². The first kappa shape index (κ1) is 12.6. The Labute approximate surface area is 109 Å². The molecule has 1 fully saturated rings. The van der Waals surface area contributed by atoms with Gasteiger partial charge in [0, 0.05) is 22.4 Å². The van der Waals surface area contributed by atoms with Crippen molar-refractivity contribution in [2.75, 3.05) is 6.61 Å². The predicted molar refractivity (Wildman–Crippen MR) is 69.9 cm³/mol. The molecule has 0 radical (unpaired) electrons. The van der Waals surface area contributed by atoms with Crippen LogP contribution >= 0.6 is 27.3 Å². The van der Waals surface area contributed by atoms with E-state index in [1.165, 1.54) is 4.88 Å². The van der Waals surface area contributed by atoms with Gasteiger partial charge in [-0.15, -0.1) is 11.3 Å². The molecular weight excluding hydrogens is 288 g/mol. The second kappa shape index (κ2) is 5.17. The zero-order valence-corrected chi connectivity index (χ0v) is 11.8. The van der Waals surface area contributed by atoms with Crippen molar-refractivity contribution < 1.29 is 9.84 Å². The van der Waals surface area contributed by atoms with Gasteiger partial charge < -0.3 is 9.84 Å². The number of rotatable bonds is 3. The van der Waals surface area contributed by atoms with Gasteiger partial charge in [-0.3, -0.25) is 0 Å². The summed E-state index contributed by atoms with van der Waals surface area (Å²) in [5.41, 5.74) is -0.359. The van der Waals surface area contributed by atoms with E-state index >= 15 is 0 Å². The summed E-state index contributed by atoms with van der Waals surface area (Å²) in [5.74, 6) is 0. The van der Waals surface area contributed by atoms with Crippen molar-refractivity contribution in [1.29, 1.82) is 0 Å². The van der Waals surface area contributed by atoms with E-state index in [2.05, 4.69) is 15.9 Å². The fraction of sp³-hybridized carbons (Fsp3) is 0.667. The van der Waals surface area contributed by atoms with E-state index in [4.69, 9.17) is 4.74 Å². The Morgan fingerprint density at radius 1 is 1.62 bits per heavy atom. The minimum Gasteiger partial charge on any atom is -0.390 e. The molecule has 90 valence electrons. The summed E-state index contributed by atoms with van der Waals surface area (Å²) in [7, 11) is 0. The van der Waals surface area contributed by atoms with Crippen LogP contribution in [0.3, 0.4) is 0 Å². The molecule has 1 aliphatic heterocycles. The predicted octanol–water partition coefficient (Wildman–Crippen LogP) is 3.37. The van der Waals surface area contributed by atoms with Crippen molar-refractivity contribution in [2.24, 2.45) is 0 Å². The number of aliphatic hydroxyl groups is 1. The average Bonchev–Trinajstić information content (AvgIpc) is 2.65. The van der Waals surface area contributed by atoms with Crippen LogP contribution in [0.1, 0.15) is 31.1 Å². The van der Waals surface area contributed by atoms with Crippen LogP contribution in [-0.2, 0) is 11.2 Å². The number of halogens is 1. The smallest absolute Gasteiger partial charge is 0.0915 e. The summed E-state index contributed by atoms with van der Waals surface area (Å²) >= 11 is 5.17. The molecule has 1 aromatic heterocycles. The van der Waals surface area contributed by atoms with E-state index in [-0.39, 0.29) is 5.60 Å². The molecule has 4 heteroatoms. The highest BCUT2D eigenvalue weighted by molar-refractivity contribution is 9.10. The van der Waals surface area contributed by atoms with E-state index in [0.29, 0.717) is 6.42 Å². The summed E-state index contributed by atoms with van der Waals surface area (Å²) < 4.78 is 6.85. The minimum atomic E-state index is -0.414. The second-order valence-electron chi connectivity index (χ2n) is 4.53.